The van der Waals surface area contributed by atoms with Crippen molar-refractivity contribution in [1.29, 1.82) is 0 Å². The summed E-state index contributed by atoms with van der Waals surface area (Å²) in [5.74, 6) is -0.747. The lowest BCUT2D eigenvalue weighted by molar-refractivity contribution is -0.904. The van der Waals surface area contributed by atoms with Crippen LogP contribution in [0.2, 0.25) is 0 Å². The van der Waals surface area contributed by atoms with Gasteiger partial charge < -0.3 is 31.9 Å². The van der Waals surface area contributed by atoms with Crippen molar-refractivity contribution in [2.75, 3.05) is 13.1 Å². The largest absolute Gasteiger partial charge is 0.376 e. The molecule has 46 heavy (non-hydrogen) atoms. The van der Waals surface area contributed by atoms with Crippen LogP contribution in [0.5, 0.6) is 0 Å². The topological polar surface area (TPSA) is 165 Å². The SMILES string of the molecule is C=C(N[C@@H](CCC)C(=O)N[C@H](CNC(C)C(=O)N[C@H](C(=O)NCC)C(C)C)CC(C)C)[C@@H](NC(=O)c1cc[n+](O)cc1)[C@@H](C)CC. The van der Waals surface area contributed by atoms with Crippen LogP contribution in [-0.4, -0.2) is 72.1 Å². The molecule has 7 N–H and O–H groups in total. The first-order valence-electron chi connectivity index (χ1n) is 16.7. The second-order valence-corrected chi connectivity index (χ2v) is 12.9. The Labute approximate surface area is 275 Å². The summed E-state index contributed by atoms with van der Waals surface area (Å²) in [6, 6.07) is 0.550. The normalized spacial score (nSPS) is 15.2. The highest BCUT2D eigenvalue weighted by molar-refractivity contribution is 5.94. The van der Waals surface area contributed by atoms with Crippen LogP contribution >= 0.6 is 0 Å². The Kier molecular flexibility index (Phi) is 17.9. The minimum atomic E-state index is -0.638. The molecule has 0 radical (unpaired) electrons. The molecule has 0 saturated heterocycles. The predicted molar refractivity (Wildman–Crippen MR) is 180 cm³/mol. The summed E-state index contributed by atoms with van der Waals surface area (Å²) in [6.07, 6.45) is 5.53. The number of aromatic nitrogens is 1. The third kappa shape index (κ3) is 13.8. The molecule has 0 aliphatic rings. The van der Waals surface area contributed by atoms with E-state index in [4.69, 9.17) is 0 Å². The van der Waals surface area contributed by atoms with Gasteiger partial charge in [-0.15, -0.1) is 0 Å². The zero-order chi connectivity index (χ0) is 35.0. The first kappa shape index (κ1) is 40.4. The maximum absolute atomic E-state index is 13.7. The molecule has 1 rings (SSSR count). The molecule has 0 aliphatic heterocycles. The molecular formula is C34H60N7O5+. The van der Waals surface area contributed by atoms with E-state index in [1.807, 2.05) is 41.5 Å². The fourth-order valence-electron chi connectivity index (χ4n) is 5.05. The summed E-state index contributed by atoms with van der Waals surface area (Å²) in [5.41, 5.74) is 0.935. The fourth-order valence-corrected chi connectivity index (χ4v) is 5.05. The van der Waals surface area contributed by atoms with Crippen molar-refractivity contribution in [3.63, 3.8) is 0 Å². The van der Waals surface area contributed by atoms with Crippen LogP contribution in [0.3, 0.4) is 0 Å². The highest BCUT2D eigenvalue weighted by atomic mass is 16.5. The number of nitrogens with zero attached hydrogens (tertiary/aromatic N) is 1. The zero-order valence-electron chi connectivity index (χ0n) is 29.4. The maximum atomic E-state index is 13.7. The fraction of sp³-hybridized carbons (Fsp3) is 0.676. The molecule has 0 spiro atoms. The maximum Gasteiger partial charge on any atom is 0.252 e. The van der Waals surface area contributed by atoms with Gasteiger partial charge in [-0.3, -0.25) is 24.4 Å². The molecule has 12 heteroatoms. The van der Waals surface area contributed by atoms with Crippen LogP contribution in [0.4, 0.5) is 0 Å². The van der Waals surface area contributed by atoms with E-state index in [1.54, 1.807) is 6.92 Å². The molecule has 12 nitrogen and oxygen atoms in total. The average molecular weight is 647 g/mol. The van der Waals surface area contributed by atoms with Crippen LogP contribution in [0, 0.1) is 17.8 Å². The van der Waals surface area contributed by atoms with Crippen LogP contribution in [0.1, 0.15) is 98.4 Å². The van der Waals surface area contributed by atoms with Crippen molar-refractivity contribution >= 4 is 23.6 Å². The predicted octanol–water partition coefficient (Wildman–Crippen LogP) is 2.41. The number of carbonyl (C=O) groups is 4. The lowest BCUT2D eigenvalue weighted by Gasteiger charge is -2.31. The molecule has 0 aromatic carbocycles. The van der Waals surface area contributed by atoms with Crippen molar-refractivity contribution in [3.8, 4) is 0 Å². The van der Waals surface area contributed by atoms with Crippen LogP contribution in [0.25, 0.3) is 0 Å². The summed E-state index contributed by atoms with van der Waals surface area (Å²) >= 11 is 0. The van der Waals surface area contributed by atoms with E-state index in [1.165, 1.54) is 24.5 Å². The van der Waals surface area contributed by atoms with Gasteiger partial charge in [0.25, 0.3) is 5.91 Å². The monoisotopic (exact) mass is 646 g/mol. The van der Waals surface area contributed by atoms with Crippen molar-refractivity contribution < 1.29 is 29.1 Å². The van der Waals surface area contributed by atoms with Crippen molar-refractivity contribution in [2.24, 2.45) is 17.8 Å². The van der Waals surface area contributed by atoms with E-state index < -0.39 is 24.2 Å². The Hall–Kier alpha value is -3.67. The van der Waals surface area contributed by atoms with E-state index in [-0.39, 0.29) is 47.4 Å². The average Bonchev–Trinajstić information content (AvgIpc) is 3.00. The number of hydrogen-bond acceptors (Lipinski definition) is 7. The van der Waals surface area contributed by atoms with Crippen LogP contribution < -0.4 is 36.6 Å². The molecule has 1 aromatic rings. The van der Waals surface area contributed by atoms with Gasteiger partial charge in [0.05, 0.1) is 17.6 Å². The third-order valence-electron chi connectivity index (χ3n) is 7.97. The molecule has 0 aliphatic carbocycles. The van der Waals surface area contributed by atoms with Crippen LogP contribution in [-0.2, 0) is 14.4 Å². The Morgan fingerprint density at radius 3 is 2.00 bits per heavy atom. The molecule has 1 heterocycles. The smallest absolute Gasteiger partial charge is 0.252 e. The molecule has 0 bridgehead atoms. The Morgan fingerprint density at radius 1 is 0.848 bits per heavy atom. The Morgan fingerprint density at radius 2 is 1.48 bits per heavy atom. The van der Waals surface area contributed by atoms with Gasteiger partial charge in [0, 0.05) is 41.7 Å². The number of rotatable bonds is 21. The standard InChI is InChI=1S/C34H59N7O5/c1-11-14-28(37-24(9)30(23(8)12-2)40-32(43)26-15-17-41(46)18-16-26)33(44)38-27(19-21(4)5)20-36-25(10)31(42)39-29(22(6)7)34(45)35-13-3/h15-18,21-23,25,27-30,36-37H,9,11-14,19-20H2,1-8,10H3,(H4-,35,38,39,40,42,43,44,45,46)/p+1/t23-,25?,27-,28-,29-,30-/m0/s1. The number of likely N-dealkylation sites (N-methyl/N-ethyl adjacent to an activating group) is 1. The number of hydrogen-bond donors (Lipinski definition) is 7. The first-order chi connectivity index (χ1) is 21.6. The molecular weight excluding hydrogens is 586 g/mol. The molecule has 4 amide bonds. The summed E-state index contributed by atoms with van der Waals surface area (Å²) in [7, 11) is 0. The molecule has 0 saturated carbocycles. The zero-order valence-corrected chi connectivity index (χ0v) is 29.4. The van der Waals surface area contributed by atoms with Crippen molar-refractivity contribution in [2.45, 2.75) is 118 Å². The van der Waals surface area contributed by atoms with E-state index in [2.05, 4.69) is 52.3 Å². The summed E-state index contributed by atoms with van der Waals surface area (Å²) in [4.78, 5) is 52.1. The summed E-state index contributed by atoms with van der Waals surface area (Å²) in [5, 5.41) is 27.9. The van der Waals surface area contributed by atoms with Gasteiger partial charge in [-0.2, -0.15) is 0 Å². The second kappa shape index (κ2) is 20.5. The van der Waals surface area contributed by atoms with Crippen molar-refractivity contribution in [1.82, 2.24) is 31.9 Å². The number of nitrogens with one attached hydrogen (secondary N) is 6. The van der Waals surface area contributed by atoms with E-state index in [9.17, 15) is 24.4 Å². The lowest BCUT2D eigenvalue weighted by Crippen LogP contribution is -2.56. The molecule has 1 unspecified atom stereocenters. The summed E-state index contributed by atoms with van der Waals surface area (Å²) < 4.78 is 0.867. The van der Waals surface area contributed by atoms with Crippen molar-refractivity contribution in [3.05, 3.63) is 42.4 Å². The molecule has 6 atom stereocenters. The molecule has 260 valence electrons. The highest BCUT2D eigenvalue weighted by Gasteiger charge is 2.29. The quantitative estimate of drug-likeness (QED) is 0.0796. The summed E-state index contributed by atoms with van der Waals surface area (Å²) in [6.45, 7) is 22.6. The van der Waals surface area contributed by atoms with Gasteiger partial charge in [0.15, 0.2) is 0 Å². The Bertz CT molecular complexity index is 1130. The second-order valence-electron chi connectivity index (χ2n) is 12.9. The van der Waals surface area contributed by atoms with Crippen LogP contribution in [0.15, 0.2) is 36.8 Å². The van der Waals surface area contributed by atoms with Gasteiger partial charge in [-0.25, -0.2) is 0 Å². The van der Waals surface area contributed by atoms with Gasteiger partial charge in [0.1, 0.15) is 12.1 Å². The highest BCUT2D eigenvalue weighted by Crippen LogP contribution is 2.16. The van der Waals surface area contributed by atoms with E-state index >= 15 is 0 Å². The minimum Gasteiger partial charge on any atom is -0.376 e. The van der Waals surface area contributed by atoms with E-state index in [0.29, 0.717) is 37.2 Å². The van der Waals surface area contributed by atoms with Gasteiger partial charge >= 0.3 is 0 Å². The number of amides is 4. The van der Waals surface area contributed by atoms with Gasteiger partial charge in [-0.1, -0.05) is 67.9 Å². The lowest BCUT2D eigenvalue weighted by atomic mass is 9.95. The van der Waals surface area contributed by atoms with E-state index in [0.717, 1.165) is 17.6 Å². The van der Waals surface area contributed by atoms with Gasteiger partial charge in [0.2, 0.25) is 30.1 Å². The number of carbonyl (C=O) groups excluding carboxylic acids is 4. The van der Waals surface area contributed by atoms with Gasteiger partial charge in [-0.05, 0) is 44.4 Å². The molecule has 1 aromatic heterocycles. The Balaban J connectivity index is 2.97. The minimum absolute atomic E-state index is 0.0367. The third-order valence-corrected chi connectivity index (χ3v) is 7.97. The first-order valence-corrected chi connectivity index (χ1v) is 16.7. The molecule has 0 fully saturated rings. The number of pyridine rings is 1.